The van der Waals surface area contributed by atoms with Crippen LogP contribution in [0.1, 0.15) is 29.4 Å². The SMILES string of the molecule is Cn1cc(NC(=O)c2ccn(C3CCOCC3)n2)c(Br)n1. The molecule has 8 heteroatoms. The molecule has 0 unspecified atom stereocenters. The number of ether oxygens (including phenoxy) is 1. The largest absolute Gasteiger partial charge is 0.381 e. The van der Waals surface area contributed by atoms with Gasteiger partial charge in [-0.2, -0.15) is 10.2 Å². The van der Waals surface area contributed by atoms with Crippen molar-refractivity contribution in [2.75, 3.05) is 18.5 Å². The number of nitrogens with zero attached hydrogens (tertiary/aromatic N) is 4. The van der Waals surface area contributed by atoms with Crippen LogP contribution in [0.25, 0.3) is 0 Å². The summed E-state index contributed by atoms with van der Waals surface area (Å²) < 4.78 is 9.42. The molecule has 0 aliphatic carbocycles. The smallest absolute Gasteiger partial charge is 0.276 e. The van der Waals surface area contributed by atoms with E-state index >= 15 is 0 Å². The van der Waals surface area contributed by atoms with Gasteiger partial charge in [0, 0.05) is 32.7 Å². The Kier molecular flexibility index (Phi) is 4.07. The Balaban J connectivity index is 1.70. The molecule has 2 aromatic heterocycles. The van der Waals surface area contributed by atoms with Crippen molar-refractivity contribution in [1.29, 1.82) is 0 Å². The van der Waals surface area contributed by atoms with Gasteiger partial charge in [-0.25, -0.2) is 0 Å². The normalized spacial score (nSPS) is 16.1. The lowest BCUT2D eigenvalue weighted by Gasteiger charge is -2.22. The Hall–Kier alpha value is -1.67. The summed E-state index contributed by atoms with van der Waals surface area (Å²) in [4.78, 5) is 12.2. The van der Waals surface area contributed by atoms with Crippen molar-refractivity contribution >= 4 is 27.5 Å². The first kappa shape index (κ1) is 14.3. The molecule has 1 N–H and O–H groups in total. The van der Waals surface area contributed by atoms with Crippen LogP contribution in [0.4, 0.5) is 5.69 Å². The lowest BCUT2D eigenvalue weighted by atomic mass is 10.1. The van der Waals surface area contributed by atoms with Crippen LogP contribution in [0, 0.1) is 0 Å². The van der Waals surface area contributed by atoms with Gasteiger partial charge in [0.25, 0.3) is 5.91 Å². The summed E-state index contributed by atoms with van der Waals surface area (Å²) in [7, 11) is 1.79. The molecule has 0 bridgehead atoms. The predicted molar refractivity (Wildman–Crippen MR) is 80.2 cm³/mol. The van der Waals surface area contributed by atoms with E-state index in [0.29, 0.717) is 22.0 Å². The summed E-state index contributed by atoms with van der Waals surface area (Å²) in [5, 5.41) is 11.3. The number of hydrogen-bond donors (Lipinski definition) is 1. The molecule has 0 radical (unpaired) electrons. The standard InChI is InChI=1S/C13H16BrN5O2/c1-18-8-11(12(14)17-18)15-13(20)10-2-5-19(16-10)9-3-6-21-7-4-9/h2,5,8-9H,3-4,6-7H2,1H3,(H,15,20). The number of anilines is 1. The molecule has 2 aromatic rings. The predicted octanol–water partition coefficient (Wildman–Crippen LogP) is 1.98. The van der Waals surface area contributed by atoms with Crippen LogP contribution in [0.15, 0.2) is 23.1 Å². The van der Waals surface area contributed by atoms with Gasteiger partial charge in [-0.05, 0) is 34.8 Å². The van der Waals surface area contributed by atoms with Crippen molar-refractivity contribution in [3.05, 3.63) is 28.8 Å². The maximum absolute atomic E-state index is 12.2. The lowest BCUT2D eigenvalue weighted by Crippen LogP contribution is -2.21. The van der Waals surface area contributed by atoms with Crippen molar-refractivity contribution in [2.45, 2.75) is 18.9 Å². The third kappa shape index (κ3) is 3.16. The molecule has 112 valence electrons. The van der Waals surface area contributed by atoms with Crippen molar-refractivity contribution < 1.29 is 9.53 Å². The molecule has 0 aromatic carbocycles. The van der Waals surface area contributed by atoms with Gasteiger partial charge in [-0.3, -0.25) is 14.2 Å². The fourth-order valence-corrected chi connectivity index (χ4v) is 2.80. The zero-order valence-electron chi connectivity index (χ0n) is 11.6. The molecule has 1 saturated heterocycles. The summed E-state index contributed by atoms with van der Waals surface area (Å²) in [5.74, 6) is -0.241. The molecular weight excluding hydrogens is 338 g/mol. The number of aryl methyl sites for hydroxylation is 1. The molecule has 0 spiro atoms. The molecule has 7 nitrogen and oxygen atoms in total. The van der Waals surface area contributed by atoms with Gasteiger partial charge >= 0.3 is 0 Å². The Bertz CT molecular complexity index is 645. The van der Waals surface area contributed by atoms with E-state index in [4.69, 9.17) is 4.74 Å². The number of hydrogen-bond acceptors (Lipinski definition) is 4. The lowest BCUT2D eigenvalue weighted by molar-refractivity contribution is 0.0661. The van der Waals surface area contributed by atoms with Crippen LogP contribution in [-0.2, 0) is 11.8 Å². The maximum Gasteiger partial charge on any atom is 0.276 e. The van der Waals surface area contributed by atoms with Gasteiger partial charge in [0.1, 0.15) is 0 Å². The number of rotatable bonds is 3. The van der Waals surface area contributed by atoms with Gasteiger partial charge in [0.2, 0.25) is 0 Å². The van der Waals surface area contributed by atoms with Gasteiger partial charge in [-0.15, -0.1) is 0 Å². The van der Waals surface area contributed by atoms with E-state index < -0.39 is 0 Å². The Morgan fingerprint density at radius 1 is 1.43 bits per heavy atom. The van der Waals surface area contributed by atoms with E-state index in [1.54, 1.807) is 24.0 Å². The van der Waals surface area contributed by atoms with E-state index in [1.807, 2.05) is 10.9 Å². The first-order chi connectivity index (χ1) is 10.1. The second kappa shape index (κ2) is 5.98. The molecule has 1 aliphatic heterocycles. The first-order valence-corrected chi connectivity index (χ1v) is 7.56. The monoisotopic (exact) mass is 353 g/mol. The Labute approximate surface area is 130 Å². The first-order valence-electron chi connectivity index (χ1n) is 6.77. The van der Waals surface area contributed by atoms with E-state index in [0.717, 1.165) is 26.1 Å². The highest BCUT2D eigenvalue weighted by Gasteiger charge is 2.19. The fraction of sp³-hybridized carbons (Fsp3) is 0.462. The number of nitrogens with one attached hydrogen (secondary N) is 1. The highest BCUT2D eigenvalue weighted by Crippen LogP contribution is 2.22. The molecule has 1 amide bonds. The van der Waals surface area contributed by atoms with Crippen molar-refractivity contribution in [3.8, 4) is 0 Å². The summed E-state index contributed by atoms with van der Waals surface area (Å²) in [6.45, 7) is 1.49. The Morgan fingerprint density at radius 3 is 2.86 bits per heavy atom. The average Bonchev–Trinajstić information content (AvgIpc) is 3.07. The quantitative estimate of drug-likeness (QED) is 0.915. The molecule has 0 atom stereocenters. The maximum atomic E-state index is 12.2. The van der Waals surface area contributed by atoms with Crippen LogP contribution >= 0.6 is 15.9 Å². The Morgan fingerprint density at radius 2 is 2.19 bits per heavy atom. The summed E-state index contributed by atoms with van der Waals surface area (Å²) in [6, 6.07) is 2.04. The van der Waals surface area contributed by atoms with E-state index in [9.17, 15) is 4.79 Å². The zero-order chi connectivity index (χ0) is 14.8. The van der Waals surface area contributed by atoms with Gasteiger partial charge in [-0.1, -0.05) is 0 Å². The second-order valence-corrected chi connectivity index (χ2v) is 5.74. The summed E-state index contributed by atoms with van der Waals surface area (Å²) in [5.41, 5.74) is 1.03. The van der Waals surface area contributed by atoms with Gasteiger partial charge in [0.05, 0.1) is 11.7 Å². The molecule has 21 heavy (non-hydrogen) atoms. The minimum atomic E-state index is -0.241. The molecule has 0 saturated carbocycles. The van der Waals surface area contributed by atoms with Crippen LogP contribution in [0.5, 0.6) is 0 Å². The molecule has 3 rings (SSSR count). The molecule has 3 heterocycles. The van der Waals surface area contributed by atoms with E-state index in [2.05, 4.69) is 31.4 Å². The number of carbonyl (C=O) groups excluding carboxylic acids is 1. The number of aromatic nitrogens is 4. The van der Waals surface area contributed by atoms with Crippen molar-refractivity contribution in [2.24, 2.45) is 7.05 Å². The highest BCUT2D eigenvalue weighted by atomic mass is 79.9. The minimum absolute atomic E-state index is 0.241. The average molecular weight is 354 g/mol. The van der Waals surface area contributed by atoms with E-state index in [-0.39, 0.29) is 5.91 Å². The van der Waals surface area contributed by atoms with E-state index in [1.165, 1.54) is 0 Å². The van der Waals surface area contributed by atoms with Crippen LogP contribution in [-0.4, -0.2) is 38.7 Å². The second-order valence-electron chi connectivity index (χ2n) is 4.99. The summed E-state index contributed by atoms with van der Waals surface area (Å²) >= 11 is 3.30. The summed E-state index contributed by atoms with van der Waals surface area (Å²) in [6.07, 6.45) is 5.44. The molecular formula is C13H16BrN5O2. The van der Waals surface area contributed by atoms with Crippen molar-refractivity contribution in [1.82, 2.24) is 19.6 Å². The fourth-order valence-electron chi connectivity index (χ4n) is 2.34. The van der Waals surface area contributed by atoms with Gasteiger partial charge < -0.3 is 10.1 Å². The third-order valence-corrected chi connectivity index (χ3v) is 4.02. The minimum Gasteiger partial charge on any atom is -0.381 e. The number of halogens is 1. The van der Waals surface area contributed by atoms with Gasteiger partial charge in [0.15, 0.2) is 10.3 Å². The zero-order valence-corrected chi connectivity index (χ0v) is 13.2. The molecule has 1 fully saturated rings. The van der Waals surface area contributed by atoms with Crippen LogP contribution < -0.4 is 5.32 Å². The highest BCUT2D eigenvalue weighted by molar-refractivity contribution is 9.10. The topological polar surface area (TPSA) is 74.0 Å². The van der Waals surface area contributed by atoms with Crippen LogP contribution in [0.3, 0.4) is 0 Å². The molecule has 1 aliphatic rings. The van der Waals surface area contributed by atoms with Crippen LogP contribution in [0.2, 0.25) is 0 Å². The van der Waals surface area contributed by atoms with Crippen molar-refractivity contribution in [3.63, 3.8) is 0 Å². The third-order valence-electron chi connectivity index (χ3n) is 3.44. The number of carbonyl (C=O) groups is 1. The number of amides is 1.